The van der Waals surface area contributed by atoms with E-state index in [-0.39, 0.29) is 0 Å². The average molecular weight is 363 g/mol. The Labute approximate surface area is 149 Å². The highest BCUT2D eigenvalue weighted by Crippen LogP contribution is 2.45. The van der Waals surface area contributed by atoms with Gasteiger partial charge in [-0.3, -0.25) is 0 Å². The van der Waals surface area contributed by atoms with E-state index in [2.05, 4.69) is 0 Å². The molecule has 6 heteroatoms. The number of hydrogen-bond acceptors (Lipinski definition) is 4. The number of benzene rings is 2. The van der Waals surface area contributed by atoms with Crippen molar-refractivity contribution in [1.29, 1.82) is 0 Å². The molecule has 25 heavy (non-hydrogen) atoms. The summed E-state index contributed by atoms with van der Waals surface area (Å²) >= 11 is 0. The molecule has 0 aliphatic heterocycles. The van der Waals surface area contributed by atoms with Crippen molar-refractivity contribution in [1.82, 2.24) is 0 Å². The molecule has 0 fully saturated rings. The van der Waals surface area contributed by atoms with Crippen LogP contribution in [0.15, 0.2) is 42.5 Å². The zero-order valence-electron chi connectivity index (χ0n) is 15.0. The van der Waals surface area contributed by atoms with Crippen LogP contribution in [0.4, 0.5) is 0 Å². The largest absolute Gasteiger partial charge is 0.695 e. The fourth-order valence-corrected chi connectivity index (χ4v) is 3.69. The lowest BCUT2D eigenvalue weighted by Gasteiger charge is -2.30. The highest BCUT2D eigenvalue weighted by molar-refractivity contribution is 7.32. The molecule has 2 rings (SSSR count). The van der Waals surface area contributed by atoms with Gasteiger partial charge in [0, 0.05) is 4.57 Å². The normalized spacial score (nSPS) is 13.9. The van der Waals surface area contributed by atoms with Gasteiger partial charge < -0.3 is 9.47 Å². The number of rotatable bonds is 8. The first-order valence-electron chi connectivity index (χ1n) is 8.17. The van der Waals surface area contributed by atoms with E-state index in [1.807, 2.05) is 56.3 Å². The topological polar surface area (TPSA) is 65.0 Å². The lowest BCUT2D eigenvalue weighted by molar-refractivity contribution is 0.0989. The van der Waals surface area contributed by atoms with Crippen LogP contribution in [-0.2, 0) is 21.1 Å². The third-order valence-electron chi connectivity index (χ3n) is 4.42. The maximum atomic E-state index is 11.6. The van der Waals surface area contributed by atoms with Crippen LogP contribution in [0.25, 0.3) is 0 Å². The summed E-state index contributed by atoms with van der Waals surface area (Å²) in [5, 5.41) is 0. The van der Waals surface area contributed by atoms with Crippen LogP contribution in [0, 0.1) is 0 Å². The van der Waals surface area contributed by atoms with Crippen LogP contribution in [0.5, 0.6) is 11.5 Å². The lowest BCUT2D eigenvalue weighted by Crippen LogP contribution is -2.29. The molecule has 0 bridgehead atoms. The van der Waals surface area contributed by atoms with Crippen molar-refractivity contribution in [3.63, 3.8) is 0 Å². The lowest BCUT2D eigenvalue weighted by atomic mass is 9.81. The summed E-state index contributed by atoms with van der Waals surface area (Å²) in [5.74, 6) is 1.46. The summed E-state index contributed by atoms with van der Waals surface area (Å²) in [7, 11) is 0.422. The van der Waals surface area contributed by atoms with Crippen molar-refractivity contribution in [2.24, 2.45) is 0 Å². The molecule has 2 unspecified atom stereocenters. The summed E-state index contributed by atoms with van der Waals surface area (Å²) in [6.07, 6.45) is 1.25. The summed E-state index contributed by atoms with van der Waals surface area (Å²) < 4.78 is 27.8. The predicted octanol–water partition coefficient (Wildman–Crippen LogP) is 4.59. The monoisotopic (exact) mass is 363 g/mol. The molecule has 0 aliphatic rings. The molecular weight excluding hydrogens is 339 g/mol. The van der Waals surface area contributed by atoms with E-state index in [0.29, 0.717) is 12.2 Å². The Balaban J connectivity index is 2.68. The minimum atomic E-state index is -2.79. The number of hydrogen-bond donors (Lipinski definition) is 1. The third kappa shape index (κ3) is 4.01. The standard InChI is InChI=1S/C19H23O5P/c1-5-14-13-17(23-4)11-12-18(14)19(6-2,24-25(20)21)15-7-9-16(22-3)10-8-15/h7-13H,5-6H2,1-4H3/p+1. The molecule has 0 radical (unpaired) electrons. The first-order chi connectivity index (χ1) is 12.0. The van der Waals surface area contributed by atoms with E-state index in [0.717, 1.165) is 28.9 Å². The molecule has 0 heterocycles. The van der Waals surface area contributed by atoms with Gasteiger partial charge in [-0.1, -0.05) is 32.0 Å². The fraction of sp³-hybridized carbons (Fsp3) is 0.368. The van der Waals surface area contributed by atoms with Gasteiger partial charge in [0.05, 0.1) is 14.2 Å². The number of methoxy groups -OCH3 is 2. The van der Waals surface area contributed by atoms with E-state index in [4.69, 9.17) is 14.0 Å². The van der Waals surface area contributed by atoms with E-state index >= 15 is 0 Å². The maximum absolute atomic E-state index is 11.6. The van der Waals surface area contributed by atoms with Crippen molar-refractivity contribution in [2.75, 3.05) is 14.2 Å². The molecule has 0 aliphatic carbocycles. The Kier molecular flexibility index (Phi) is 6.54. The van der Waals surface area contributed by atoms with Crippen molar-refractivity contribution >= 4 is 8.25 Å². The second-order valence-corrected chi connectivity index (χ2v) is 6.27. The first kappa shape index (κ1) is 19.4. The molecule has 2 aromatic rings. The molecule has 134 valence electrons. The highest BCUT2D eigenvalue weighted by atomic mass is 31.1. The van der Waals surface area contributed by atoms with Crippen LogP contribution in [0.2, 0.25) is 0 Å². The predicted molar refractivity (Wildman–Crippen MR) is 97.3 cm³/mol. The quantitative estimate of drug-likeness (QED) is 0.695. The van der Waals surface area contributed by atoms with Gasteiger partial charge in [0.15, 0.2) is 5.60 Å². The zero-order valence-corrected chi connectivity index (χ0v) is 15.9. The molecule has 0 saturated heterocycles. The molecule has 1 N–H and O–H groups in total. The molecule has 0 aromatic heterocycles. The van der Waals surface area contributed by atoms with Gasteiger partial charge in [-0.2, -0.15) is 0 Å². The average Bonchev–Trinajstić information content (AvgIpc) is 2.65. The molecule has 2 aromatic carbocycles. The first-order valence-corrected chi connectivity index (χ1v) is 9.31. The molecule has 0 amide bonds. The van der Waals surface area contributed by atoms with E-state index < -0.39 is 13.9 Å². The van der Waals surface area contributed by atoms with E-state index in [9.17, 15) is 9.46 Å². The third-order valence-corrected chi connectivity index (χ3v) is 4.88. The van der Waals surface area contributed by atoms with Gasteiger partial charge in [0.25, 0.3) is 0 Å². The summed E-state index contributed by atoms with van der Waals surface area (Å²) in [6, 6.07) is 13.1. The second-order valence-electron chi connectivity index (χ2n) is 5.61. The van der Waals surface area contributed by atoms with Crippen LogP contribution < -0.4 is 9.47 Å². The van der Waals surface area contributed by atoms with Crippen molar-refractivity contribution in [3.8, 4) is 11.5 Å². The fourth-order valence-electron chi connectivity index (χ4n) is 3.09. The van der Waals surface area contributed by atoms with E-state index in [1.165, 1.54) is 0 Å². The van der Waals surface area contributed by atoms with Crippen molar-refractivity contribution in [3.05, 3.63) is 59.2 Å². The van der Waals surface area contributed by atoms with Gasteiger partial charge >= 0.3 is 8.25 Å². The van der Waals surface area contributed by atoms with Crippen LogP contribution in [0.1, 0.15) is 37.0 Å². The maximum Gasteiger partial charge on any atom is 0.695 e. The Morgan fingerprint density at radius 2 is 1.60 bits per heavy atom. The molecule has 0 saturated carbocycles. The highest BCUT2D eigenvalue weighted by Gasteiger charge is 2.43. The zero-order chi connectivity index (χ0) is 18.4. The van der Waals surface area contributed by atoms with Crippen LogP contribution in [-0.4, -0.2) is 19.1 Å². The van der Waals surface area contributed by atoms with Gasteiger partial charge in [-0.05, 0) is 53.8 Å². The number of ether oxygens (including phenoxy) is 2. The molecule has 5 nitrogen and oxygen atoms in total. The van der Waals surface area contributed by atoms with Gasteiger partial charge in [0.2, 0.25) is 0 Å². The van der Waals surface area contributed by atoms with Crippen LogP contribution >= 0.6 is 8.25 Å². The summed E-state index contributed by atoms with van der Waals surface area (Å²) in [6.45, 7) is 3.97. The Morgan fingerprint density at radius 1 is 1.00 bits per heavy atom. The van der Waals surface area contributed by atoms with Gasteiger partial charge in [-0.15, -0.1) is 9.42 Å². The van der Waals surface area contributed by atoms with E-state index in [1.54, 1.807) is 14.2 Å². The van der Waals surface area contributed by atoms with Gasteiger partial charge in [-0.25, -0.2) is 0 Å². The molecule has 0 spiro atoms. The van der Waals surface area contributed by atoms with Gasteiger partial charge in [0.1, 0.15) is 11.5 Å². The van der Waals surface area contributed by atoms with Crippen LogP contribution in [0.3, 0.4) is 0 Å². The summed E-state index contributed by atoms with van der Waals surface area (Å²) in [5.41, 5.74) is 1.65. The number of aryl methyl sites for hydroxylation is 1. The Hall–Kier alpha value is -1.94. The smallest absolute Gasteiger partial charge is 0.497 e. The Bertz CT molecular complexity index is 729. The molecule has 2 atom stereocenters. The summed E-state index contributed by atoms with van der Waals surface area (Å²) in [4.78, 5) is 9.54. The van der Waals surface area contributed by atoms with Crippen molar-refractivity contribution < 1.29 is 23.5 Å². The van der Waals surface area contributed by atoms with Crippen molar-refractivity contribution in [2.45, 2.75) is 32.3 Å². The second kappa shape index (κ2) is 8.43. The SMILES string of the molecule is CCc1cc(OC)ccc1C(CC)(O[P+](=O)O)c1ccc(OC)cc1. The minimum absolute atomic E-state index is 0.500. The molecular formula is C19H24O5P+. The Morgan fingerprint density at radius 3 is 2.08 bits per heavy atom. The minimum Gasteiger partial charge on any atom is -0.497 e.